The minimum absolute atomic E-state index is 0.0293. The first-order chi connectivity index (χ1) is 16.6. The van der Waals surface area contributed by atoms with Crippen molar-refractivity contribution < 1.29 is 32.2 Å². The number of fused-ring (bicyclic) bond motifs is 2. The van der Waals surface area contributed by atoms with E-state index in [-0.39, 0.29) is 27.8 Å². The molecule has 0 spiro atoms. The van der Waals surface area contributed by atoms with E-state index in [2.05, 4.69) is 30.3 Å². The maximum absolute atomic E-state index is 13.0. The predicted molar refractivity (Wildman–Crippen MR) is 117 cm³/mol. The number of esters is 1. The van der Waals surface area contributed by atoms with E-state index in [4.69, 9.17) is 22.1 Å². The lowest BCUT2D eigenvalue weighted by molar-refractivity contribution is -0.200. The van der Waals surface area contributed by atoms with Crippen LogP contribution in [0.1, 0.15) is 28.9 Å². The molecule has 0 saturated carbocycles. The van der Waals surface area contributed by atoms with Crippen molar-refractivity contribution in [2.24, 2.45) is 0 Å². The highest BCUT2D eigenvalue weighted by atomic mass is 35.5. The lowest BCUT2D eigenvalue weighted by Crippen LogP contribution is -2.28. The van der Waals surface area contributed by atoms with E-state index in [0.717, 1.165) is 0 Å². The normalized spacial score (nSPS) is 12.6. The zero-order valence-corrected chi connectivity index (χ0v) is 18.6. The van der Waals surface area contributed by atoms with Crippen LogP contribution in [0.3, 0.4) is 0 Å². The first kappa shape index (κ1) is 24.1. The summed E-state index contributed by atoms with van der Waals surface area (Å²) in [6.07, 6.45) is -0.606. The summed E-state index contributed by atoms with van der Waals surface area (Å²) < 4.78 is 48.2. The Hall–Kier alpha value is -4.07. The number of hydrogen-bond donors (Lipinski definition) is 3. The molecule has 4 N–H and O–H groups in total. The number of anilines is 1. The third-order valence-electron chi connectivity index (χ3n) is 4.93. The van der Waals surface area contributed by atoms with Crippen molar-refractivity contribution in [3.05, 3.63) is 46.9 Å². The molecule has 15 heteroatoms. The summed E-state index contributed by atoms with van der Waals surface area (Å²) in [5.74, 6) is -2.78. The molecule has 184 valence electrons. The van der Waals surface area contributed by atoms with Crippen LogP contribution in [0.15, 0.2) is 30.7 Å². The molecule has 0 bridgehead atoms. The van der Waals surface area contributed by atoms with Gasteiger partial charge in [-0.3, -0.25) is 9.89 Å². The first-order valence-electron chi connectivity index (χ1n) is 9.99. The molecule has 4 rings (SSSR count). The molecule has 3 aromatic heterocycles. The highest BCUT2D eigenvalue weighted by Gasteiger charge is 2.40. The third-order valence-corrected chi connectivity index (χ3v) is 5.24. The summed E-state index contributed by atoms with van der Waals surface area (Å²) in [7, 11) is 0. The zero-order valence-electron chi connectivity index (χ0n) is 17.9. The lowest BCUT2D eigenvalue weighted by atomic mass is 10.0. The number of aromatic amines is 1. The molecule has 4 aromatic rings. The molecule has 0 aliphatic rings. The van der Waals surface area contributed by atoms with Crippen LogP contribution in [-0.4, -0.2) is 56.1 Å². The third kappa shape index (κ3) is 4.77. The number of nitrogens with two attached hydrogens (primary N) is 1. The van der Waals surface area contributed by atoms with Gasteiger partial charge in [0.05, 0.1) is 17.3 Å². The van der Waals surface area contributed by atoms with E-state index in [1.807, 2.05) is 0 Å². The number of benzene rings is 1. The zero-order chi connectivity index (χ0) is 25.3. The molecule has 0 fully saturated rings. The molecule has 11 nitrogen and oxygen atoms in total. The van der Waals surface area contributed by atoms with E-state index in [1.165, 1.54) is 23.0 Å². The summed E-state index contributed by atoms with van der Waals surface area (Å²) in [5, 5.41) is 14.2. The summed E-state index contributed by atoms with van der Waals surface area (Å²) in [5.41, 5.74) is 6.94. The van der Waals surface area contributed by atoms with Gasteiger partial charge in [0, 0.05) is 23.3 Å². The van der Waals surface area contributed by atoms with Crippen LogP contribution < -0.4 is 15.8 Å². The van der Waals surface area contributed by atoms with Gasteiger partial charge in [-0.15, -0.1) is 5.10 Å². The van der Waals surface area contributed by atoms with Gasteiger partial charge in [-0.05, 0) is 19.1 Å². The number of carbonyl (C=O) groups excluding carboxylic acids is 2. The number of carbonyl (C=O) groups is 2. The van der Waals surface area contributed by atoms with Crippen LogP contribution in [0.4, 0.5) is 19.0 Å². The van der Waals surface area contributed by atoms with Crippen LogP contribution >= 0.6 is 11.6 Å². The minimum atomic E-state index is -5.12. The van der Waals surface area contributed by atoms with Gasteiger partial charge in [0.25, 0.3) is 5.91 Å². The Kier molecular flexibility index (Phi) is 6.39. The van der Waals surface area contributed by atoms with E-state index >= 15 is 0 Å². The molecule has 1 amide bonds. The second kappa shape index (κ2) is 9.29. The molecule has 0 saturated heterocycles. The molecule has 0 radical (unpaired) electrons. The number of amides is 1. The largest absolute Gasteiger partial charge is 0.490 e. The number of H-pyrrole nitrogens is 1. The van der Waals surface area contributed by atoms with Crippen molar-refractivity contribution in [1.82, 2.24) is 30.1 Å². The minimum Gasteiger partial charge on any atom is -0.487 e. The summed E-state index contributed by atoms with van der Waals surface area (Å²) in [4.78, 5) is 28.1. The molecule has 3 heterocycles. The van der Waals surface area contributed by atoms with Gasteiger partial charge in [0.2, 0.25) is 0 Å². The molecule has 1 unspecified atom stereocenters. The maximum atomic E-state index is 13.0. The standard InChI is InChI=1S/C20H17ClF3N7O4/c1-9(28-18(32)13-16(25)30-31-4-2-3-26-17(13)31)10-7-12(21)11-8-27-29-14(11)15(10)34-5-6-35-19(33)20(22,23)24/h2-4,7-9H,5-6H2,1H3,(H2,25,30)(H,27,29)(H,28,32). The van der Waals surface area contributed by atoms with E-state index in [1.54, 1.807) is 19.2 Å². The van der Waals surface area contributed by atoms with E-state index < -0.39 is 37.3 Å². The number of aromatic nitrogens is 5. The van der Waals surface area contributed by atoms with Crippen molar-refractivity contribution in [1.29, 1.82) is 0 Å². The van der Waals surface area contributed by atoms with Gasteiger partial charge in [0.15, 0.2) is 11.5 Å². The van der Waals surface area contributed by atoms with Crippen LogP contribution in [0.2, 0.25) is 5.02 Å². The molecule has 0 aliphatic carbocycles. The van der Waals surface area contributed by atoms with Crippen LogP contribution in [0, 0.1) is 0 Å². The smallest absolute Gasteiger partial charge is 0.487 e. The van der Waals surface area contributed by atoms with Crippen LogP contribution in [0.5, 0.6) is 5.75 Å². The topological polar surface area (TPSA) is 150 Å². The summed E-state index contributed by atoms with van der Waals surface area (Å²) in [6.45, 7) is 0.565. The molecule has 0 aliphatic heterocycles. The van der Waals surface area contributed by atoms with Crippen molar-refractivity contribution in [2.45, 2.75) is 19.1 Å². The number of nitrogens with one attached hydrogen (secondary N) is 2. The second-order valence-corrected chi connectivity index (χ2v) is 7.67. The lowest BCUT2D eigenvalue weighted by Gasteiger charge is -2.20. The highest BCUT2D eigenvalue weighted by molar-refractivity contribution is 6.35. The fourth-order valence-electron chi connectivity index (χ4n) is 3.37. The number of hydrogen-bond acceptors (Lipinski definition) is 8. The monoisotopic (exact) mass is 511 g/mol. The van der Waals surface area contributed by atoms with Gasteiger partial charge < -0.3 is 20.5 Å². The van der Waals surface area contributed by atoms with Gasteiger partial charge >= 0.3 is 12.1 Å². The highest BCUT2D eigenvalue weighted by Crippen LogP contribution is 2.37. The number of rotatable bonds is 7. The van der Waals surface area contributed by atoms with Crippen LogP contribution in [0.25, 0.3) is 16.6 Å². The molecular formula is C20H17ClF3N7O4. The fourth-order valence-corrected chi connectivity index (χ4v) is 3.63. The number of halogens is 4. The number of nitrogen functional groups attached to an aromatic ring is 1. The van der Waals surface area contributed by atoms with Crippen molar-refractivity contribution in [3.63, 3.8) is 0 Å². The first-order valence-corrected chi connectivity index (χ1v) is 10.4. The van der Waals surface area contributed by atoms with Crippen molar-refractivity contribution in [3.8, 4) is 5.75 Å². The average Bonchev–Trinajstić information content (AvgIpc) is 3.41. The Morgan fingerprint density at radius 3 is 2.86 bits per heavy atom. The van der Waals surface area contributed by atoms with Crippen molar-refractivity contribution >= 4 is 45.8 Å². The quantitative estimate of drug-likeness (QED) is 0.253. The molecule has 1 atom stereocenters. The van der Waals surface area contributed by atoms with E-state index in [0.29, 0.717) is 16.5 Å². The predicted octanol–water partition coefficient (Wildman–Crippen LogP) is 2.82. The Morgan fingerprint density at radius 1 is 1.34 bits per heavy atom. The Bertz CT molecular complexity index is 1420. The molecule has 35 heavy (non-hydrogen) atoms. The number of ether oxygens (including phenoxy) is 2. The van der Waals surface area contributed by atoms with Crippen LogP contribution in [-0.2, 0) is 9.53 Å². The van der Waals surface area contributed by atoms with E-state index in [9.17, 15) is 22.8 Å². The maximum Gasteiger partial charge on any atom is 0.490 e. The molecule has 1 aromatic carbocycles. The summed E-state index contributed by atoms with van der Waals surface area (Å²) >= 11 is 6.35. The Morgan fingerprint density at radius 2 is 2.11 bits per heavy atom. The summed E-state index contributed by atoms with van der Waals surface area (Å²) in [6, 6.07) is 2.43. The number of alkyl halides is 3. The van der Waals surface area contributed by atoms with Gasteiger partial charge in [0.1, 0.15) is 30.0 Å². The number of nitrogens with zero attached hydrogens (tertiary/aromatic N) is 4. The van der Waals surface area contributed by atoms with Gasteiger partial charge in [-0.1, -0.05) is 11.6 Å². The second-order valence-electron chi connectivity index (χ2n) is 7.26. The Balaban J connectivity index is 1.58. The van der Waals surface area contributed by atoms with Crippen molar-refractivity contribution in [2.75, 3.05) is 18.9 Å². The van der Waals surface area contributed by atoms with Gasteiger partial charge in [-0.2, -0.15) is 18.3 Å². The SMILES string of the molecule is CC(NC(=O)c1c(N)nn2cccnc12)c1cc(Cl)c2cn[nH]c2c1OCCOC(=O)C(F)(F)F. The van der Waals surface area contributed by atoms with Gasteiger partial charge in [-0.25, -0.2) is 14.3 Å². The Labute approximate surface area is 199 Å². The molecular weight excluding hydrogens is 495 g/mol. The fraction of sp³-hybridized carbons (Fsp3) is 0.250. The average molecular weight is 512 g/mol.